The second-order valence-electron chi connectivity index (χ2n) is 5.76. The molecule has 98 valence electrons. The molecule has 1 aromatic rings. The van der Waals surface area contributed by atoms with Crippen LogP contribution in [0.5, 0.6) is 0 Å². The highest BCUT2D eigenvalue weighted by Crippen LogP contribution is 2.40. The molecule has 0 bridgehead atoms. The van der Waals surface area contributed by atoms with Gasteiger partial charge >= 0.3 is 0 Å². The molecule has 1 aliphatic heterocycles. The van der Waals surface area contributed by atoms with Crippen molar-refractivity contribution in [3.8, 4) is 0 Å². The third kappa shape index (κ3) is 2.15. The fraction of sp³-hybridized carbons (Fsp3) is 0.533. The fourth-order valence-electron chi connectivity index (χ4n) is 2.56. The second kappa shape index (κ2) is 4.39. The molecule has 0 spiro atoms. The van der Waals surface area contributed by atoms with Crippen LogP contribution in [0.25, 0.3) is 0 Å². The minimum Gasteiger partial charge on any atom is -0.389 e. The highest BCUT2D eigenvalue weighted by molar-refractivity contribution is 5.93. The van der Waals surface area contributed by atoms with Gasteiger partial charge in [0.05, 0.1) is 6.10 Å². The van der Waals surface area contributed by atoms with Gasteiger partial charge in [0.2, 0.25) is 5.91 Å². The Morgan fingerprint density at radius 2 is 2.11 bits per heavy atom. The predicted molar refractivity (Wildman–Crippen MR) is 72.7 cm³/mol. The number of carbonyl (C=O) groups excluding carboxylic acids is 1. The molecule has 3 nitrogen and oxygen atoms in total. The fourth-order valence-corrected chi connectivity index (χ4v) is 2.56. The Morgan fingerprint density at radius 1 is 1.44 bits per heavy atom. The van der Waals surface area contributed by atoms with E-state index >= 15 is 0 Å². The van der Waals surface area contributed by atoms with E-state index in [2.05, 4.69) is 13.8 Å². The summed E-state index contributed by atoms with van der Waals surface area (Å²) in [5.41, 5.74) is 3.10. The number of hydrogen-bond acceptors (Lipinski definition) is 2. The summed E-state index contributed by atoms with van der Waals surface area (Å²) in [5.74, 6) is 0.0801. The monoisotopic (exact) mass is 247 g/mol. The highest BCUT2D eigenvalue weighted by atomic mass is 16.3. The lowest BCUT2D eigenvalue weighted by Crippen LogP contribution is -2.40. The maximum absolute atomic E-state index is 11.7. The van der Waals surface area contributed by atoms with Crippen molar-refractivity contribution >= 4 is 11.6 Å². The van der Waals surface area contributed by atoms with Gasteiger partial charge in [0.1, 0.15) is 0 Å². The molecule has 3 heteroatoms. The van der Waals surface area contributed by atoms with E-state index in [-0.39, 0.29) is 11.3 Å². The molecule has 0 aliphatic carbocycles. The molecular weight excluding hydrogens is 226 g/mol. The minimum absolute atomic E-state index is 0.0478. The summed E-state index contributed by atoms with van der Waals surface area (Å²) in [6, 6.07) is 5.90. The van der Waals surface area contributed by atoms with Crippen molar-refractivity contribution < 1.29 is 9.90 Å². The van der Waals surface area contributed by atoms with Crippen molar-refractivity contribution in [2.24, 2.45) is 0 Å². The van der Waals surface area contributed by atoms with Crippen LogP contribution in [-0.2, 0) is 10.2 Å². The average Bonchev–Trinajstić information content (AvgIpc) is 2.28. The standard InChI is InChI=1S/C15H21NO2/c1-10(17)12-5-6-14-13(9-12)15(3,4)7-8-16(14)11(2)18/h5-6,9-10,17H,7-8H2,1-4H3. The number of benzene rings is 1. The SMILES string of the molecule is CC(=O)N1CCC(C)(C)c2cc(C(C)O)ccc21. The average molecular weight is 247 g/mol. The third-order valence-corrected chi connectivity index (χ3v) is 3.86. The summed E-state index contributed by atoms with van der Waals surface area (Å²) >= 11 is 0. The second-order valence-corrected chi connectivity index (χ2v) is 5.76. The number of hydrogen-bond donors (Lipinski definition) is 1. The number of anilines is 1. The number of amides is 1. The number of rotatable bonds is 1. The molecule has 1 amide bonds. The Bertz CT molecular complexity index is 477. The maximum Gasteiger partial charge on any atom is 0.223 e. The van der Waals surface area contributed by atoms with Crippen LogP contribution in [-0.4, -0.2) is 17.6 Å². The van der Waals surface area contributed by atoms with Crippen molar-refractivity contribution in [2.45, 2.75) is 45.6 Å². The van der Waals surface area contributed by atoms with E-state index < -0.39 is 6.10 Å². The van der Waals surface area contributed by atoms with Gasteiger partial charge in [-0.2, -0.15) is 0 Å². The zero-order chi connectivity index (χ0) is 13.5. The van der Waals surface area contributed by atoms with Crippen LogP contribution in [0.1, 0.15) is 51.3 Å². The van der Waals surface area contributed by atoms with E-state index in [1.165, 1.54) is 0 Å². The summed E-state index contributed by atoms with van der Waals surface area (Å²) < 4.78 is 0. The van der Waals surface area contributed by atoms with Crippen molar-refractivity contribution in [2.75, 3.05) is 11.4 Å². The topological polar surface area (TPSA) is 40.5 Å². The summed E-state index contributed by atoms with van der Waals surface area (Å²) in [5, 5.41) is 9.69. The first kappa shape index (κ1) is 13.1. The Kier molecular flexibility index (Phi) is 3.20. The van der Waals surface area contributed by atoms with E-state index in [0.717, 1.165) is 29.8 Å². The van der Waals surface area contributed by atoms with E-state index in [1.807, 2.05) is 23.1 Å². The molecule has 0 radical (unpaired) electrons. The van der Waals surface area contributed by atoms with Gasteiger partial charge in [-0.15, -0.1) is 0 Å². The molecule has 2 rings (SSSR count). The normalized spacial score (nSPS) is 19.3. The molecule has 1 heterocycles. The van der Waals surface area contributed by atoms with Crippen molar-refractivity contribution in [3.63, 3.8) is 0 Å². The summed E-state index contributed by atoms with van der Waals surface area (Å²) in [4.78, 5) is 13.5. The van der Waals surface area contributed by atoms with Gasteiger partial charge in [0.25, 0.3) is 0 Å². The molecule has 1 unspecified atom stereocenters. The summed E-state index contributed by atoms with van der Waals surface area (Å²) in [6.45, 7) is 8.51. The van der Waals surface area contributed by atoms with Gasteiger partial charge in [0.15, 0.2) is 0 Å². The van der Waals surface area contributed by atoms with Crippen molar-refractivity contribution in [1.29, 1.82) is 0 Å². The first-order chi connectivity index (χ1) is 8.33. The van der Waals surface area contributed by atoms with Gasteiger partial charge in [-0.05, 0) is 36.0 Å². The number of nitrogens with zero attached hydrogens (tertiary/aromatic N) is 1. The van der Waals surface area contributed by atoms with Crippen LogP contribution < -0.4 is 4.90 Å². The van der Waals surface area contributed by atoms with E-state index in [0.29, 0.717) is 0 Å². The Morgan fingerprint density at radius 3 is 2.67 bits per heavy atom. The maximum atomic E-state index is 11.7. The zero-order valence-corrected chi connectivity index (χ0v) is 11.5. The van der Waals surface area contributed by atoms with Crippen LogP contribution in [0.4, 0.5) is 5.69 Å². The number of fused-ring (bicyclic) bond motifs is 1. The third-order valence-electron chi connectivity index (χ3n) is 3.86. The number of carbonyl (C=O) groups is 1. The molecule has 1 atom stereocenters. The van der Waals surface area contributed by atoms with Gasteiger partial charge < -0.3 is 10.0 Å². The van der Waals surface area contributed by atoms with Crippen LogP contribution in [0.15, 0.2) is 18.2 Å². The molecule has 1 aromatic carbocycles. The van der Waals surface area contributed by atoms with E-state index in [9.17, 15) is 9.90 Å². The molecule has 0 saturated carbocycles. The molecular formula is C15H21NO2. The predicted octanol–water partition coefficient (Wildman–Crippen LogP) is 2.77. The Balaban J connectivity index is 2.56. The lowest BCUT2D eigenvalue weighted by molar-refractivity contribution is -0.116. The summed E-state index contributed by atoms with van der Waals surface area (Å²) in [6.07, 6.45) is 0.474. The highest BCUT2D eigenvalue weighted by Gasteiger charge is 2.32. The molecule has 0 fully saturated rings. The van der Waals surface area contributed by atoms with Crippen molar-refractivity contribution in [3.05, 3.63) is 29.3 Å². The Labute approximate surface area is 108 Å². The quantitative estimate of drug-likeness (QED) is 0.829. The van der Waals surface area contributed by atoms with Gasteiger partial charge in [-0.25, -0.2) is 0 Å². The van der Waals surface area contributed by atoms with Crippen LogP contribution in [0.2, 0.25) is 0 Å². The van der Waals surface area contributed by atoms with Gasteiger partial charge in [0, 0.05) is 19.2 Å². The largest absolute Gasteiger partial charge is 0.389 e. The molecule has 0 saturated heterocycles. The Hall–Kier alpha value is -1.35. The van der Waals surface area contributed by atoms with Gasteiger partial charge in [-0.3, -0.25) is 4.79 Å². The lowest BCUT2D eigenvalue weighted by Gasteiger charge is -2.39. The first-order valence-electron chi connectivity index (χ1n) is 6.43. The zero-order valence-electron chi connectivity index (χ0n) is 11.5. The van der Waals surface area contributed by atoms with E-state index in [4.69, 9.17) is 0 Å². The van der Waals surface area contributed by atoms with Crippen LogP contribution in [0.3, 0.4) is 0 Å². The van der Waals surface area contributed by atoms with Crippen LogP contribution >= 0.6 is 0 Å². The molecule has 1 N–H and O–H groups in total. The lowest BCUT2D eigenvalue weighted by atomic mass is 9.77. The van der Waals surface area contributed by atoms with Crippen LogP contribution in [0, 0.1) is 0 Å². The van der Waals surface area contributed by atoms with Crippen molar-refractivity contribution in [1.82, 2.24) is 0 Å². The first-order valence-corrected chi connectivity index (χ1v) is 6.43. The molecule has 1 aliphatic rings. The number of aliphatic hydroxyl groups excluding tert-OH is 1. The molecule has 0 aromatic heterocycles. The smallest absolute Gasteiger partial charge is 0.223 e. The molecule has 18 heavy (non-hydrogen) atoms. The number of aliphatic hydroxyl groups is 1. The van der Waals surface area contributed by atoms with E-state index in [1.54, 1.807) is 13.8 Å². The summed E-state index contributed by atoms with van der Waals surface area (Å²) in [7, 11) is 0. The van der Waals surface area contributed by atoms with Gasteiger partial charge in [-0.1, -0.05) is 26.0 Å². The minimum atomic E-state index is -0.473.